The van der Waals surface area contributed by atoms with E-state index in [9.17, 15) is 9.59 Å². The molecule has 4 rings (SSSR count). The summed E-state index contributed by atoms with van der Waals surface area (Å²) < 4.78 is 0. The maximum absolute atomic E-state index is 12.8. The van der Waals surface area contributed by atoms with E-state index in [-0.39, 0.29) is 11.8 Å². The monoisotopic (exact) mass is 381 g/mol. The molecule has 28 heavy (non-hydrogen) atoms. The lowest BCUT2D eigenvalue weighted by molar-refractivity contribution is -0.130. The lowest BCUT2D eigenvalue weighted by Crippen LogP contribution is -2.43. The molecule has 0 saturated carbocycles. The molecule has 0 aliphatic carbocycles. The number of carbonyl (C=O) groups excluding carboxylic acids is 2. The Morgan fingerprint density at radius 2 is 1.61 bits per heavy atom. The number of nitrogens with one attached hydrogen (secondary N) is 1. The van der Waals surface area contributed by atoms with E-state index in [0.29, 0.717) is 23.2 Å². The van der Waals surface area contributed by atoms with Crippen molar-refractivity contribution in [2.75, 3.05) is 26.2 Å². The molecule has 0 aromatic carbocycles. The molecule has 2 aliphatic heterocycles. The molecule has 2 aliphatic rings. The Morgan fingerprint density at radius 1 is 0.964 bits per heavy atom. The van der Waals surface area contributed by atoms with Crippen LogP contribution in [-0.2, 0) is 4.79 Å². The fourth-order valence-corrected chi connectivity index (χ4v) is 4.51. The molecule has 2 amide bonds. The van der Waals surface area contributed by atoms with E-state index in [0.717, 1.165) is 57.6 Å². The fraction of sp³-hybridized carbons (Fsp3) is 0.524. The molecule has 2 fully saturated rings. The highest BCUT2D eigenvalue weighted by Gasteiger charge is 2.32. The van der Waals surface area contributed by atoms with Gasteiger partial charge in [-0.2, -0.15) is 5.10 Å². The van der Waals surface area contributed by atoms with Crippen molar-refractivity contribution < 1.29 is 9.59 Å². The summed E-state index contributed by atoms with van der Waals surface area (Å²) in [5.74, 6) is 1.53. The lowest BCUT2D eigenvalue weighted by atomic mass is 9.78. The van der Waals surface area contributed by atoms with E-state index in [2.05, 4.69) is 15.2 Å². The van der Waals surface area contributed by atoms with E-state index in [1.807, 2.05) is 28.0 Å². The zero-order chi connectivity index (χ0) is 19.5. The number of hydrogen-bond donors (Lipinski definition) is 1. The minimum Gasteiger partial charge on any atom is -0.343 e. The first kappa shape index (κ1) is 18.7. The summed E-state index contributed by atoms with van der Waals surface area (Å²) in [4.78, 5) is 32.5. The van der Waals surface area contributed by atoms with Crippen molar-refractivity contribution in [3.05, 3.63) is 36.2 Å². The van der Waals surface area contributed by atoms with Crippen molar-refractivity contribution in [3.8, 4) is 11.4 Å². The summed E-state index contributed by atoms with van der Waals surface area (Å²) in [5.41, 5.74) is 1.97. The van der Waals surface area contributed by atoms with Gasteiger partial charge in [-0.05, 0) is 55.7 Å². The molecule has 1 N–H and O–H groups in total. The third kappa shape index (κ3) is 3.93. The van der Waals surface area contributed by atoms with Crippen molar-refractivity contribution in [2.45, 2.75) is 32.6 Å². The maximum atomic E-state index is 12.8. The van der Waals surface area contributed by atoms with Crippen molar-refractivity contribution >= 4 is 11.8 Å². The SMILES string of the molecule is CC(=O)N1CCC(C2CCN(C(=O)c3cc(-c4ccccn4)n[nH]3)CC2)CC1. The Kier molecular flexibility index (Phi) is 5.41. The highest BCUT2D eigenvalue weighted by Crippen LogP contribution is 2.33. The first-order chi connectivity index (χ1) is 13.6. The number of pyridine rings is 1. The number of likely N-dealkylation sites (tertiary alicyclic amines) is 2. The quantitative estimate of drug-likeness (QED) is 0.886. The van der Waals surface area contributed by atoms with Gasteiger partial charge in [0.05, 0.1) is 5.69 Å². The topological polar surface area (TPSA) is 82.2 Å². The van der Waals surface area contributed by atoms with Crippen molar-refractivity contribution in [1.82, 2.24) is 25.0 Å². The molecule has 0 bridgehead atoms. The molecule has 0 spiro atoms. The van der Waals surface area contributed by atoms with E-state index >= 15 is 0 Å². The molecule has 2 aromatic rings. The summed E-state index contributed by atoms with van der Waals surface area (Å²) in [7, 11) is 0. The van der Waals surface area contributed by atoms with Crippen LogP contribution in [0.3, 0.4) is 0 Å². The third-order valence-electron chi connectivity index (χ3n) is 6.21. The van der Waals surface area contributed by atoms with Crippen molar-refractivity contribution in [3.63, 3.8) is 0 Å². The first-order valence-corrected chi connectivity index (χ1v) is 10.1. The average molecular weight is 381 g/mol. The van der Waals surface area contributed by atoms with Crippen LogP contribution in [0.1, 0.15) is 43.1 Å². The van der Waals surface area contributed by atoms with Gasteiger partial charge in [-0.1, -0.05) is 6.07 Å². The second kappa shape index (κ2) is 8.12. The number of H-pyrrole nitrogens is 1. The first-order valence-electron chi connectivity index (χ1n) is 10.1. The molecule has 0 unspecified atom stereocenters. The van der Waals surface area contributed by atoms with Crippen LogP contribution in [0.5, 0.6) is 0 Å². The Labute approximate surface area is 165 Å². The largest absolute Gasteiger partial charge is 0.343 e. The summed E-state index contributed by atoms with van der Waals surface area (Å²) in [5, 5.41) is 7.12. The van der Waals surface area contributed by atoms with Crippen LogP contribution in [0.15, 0.2) is 30.5 Å². The summed E-state index contributed by atoms with van der Waals surface area (Å²) in [6.07, 6.45) is 5.98. The van der Waals surface area contributed by atoms with Crippen LogP contribution < -0.4 is 0 Å². The number of amides is 2. The number of nitrogens with zero attached hydrogens (tertiary/aromatic N) is 4. The number of piperidine rings is 2. The predicted molar refractivity (Wildman–Crippen MR) is 105 cm³/mol. The molecule has 7 nitrogen and oxygen atoms in total. The summed E-state index contributed by atoms with van der Waals surface area (Å²) in [6.45, 7) is 4.98. The average Bonchev–Trinajstić information content (AvgIpc) is 3.24. The van der Waals surface area contributed by atoms with Crippen molar-refractivity contribution in [2.24, 2.45) is 11.8 Å². The van der Waals surface area contributed by atoms with Crippen LogP contribution in [0.25, 0.3) is 11.4 Å². The molecule has 148 valence electrons. The van der Waals surface area contributed by atoms with Gasteiger partial charge in [-0.3, -0.25) is 19.7 Å². The smallest absolute Gasteiger partial charge is 0.271 e. The van der Waals surface area contributed by atoms with Gasteiger partial charge >= 0.3 is 0 Å². The van der Waals surface area contributed by atoms with E-state index < -0.39 is 0 Å². The lowest BCUT2D eigenvalue weighted by Gasteiger charge is -2.40. The van der Waals surface area contributed by atoms with Gasteiger partial charge in [0.2, 0.25) is 5.91 Å². The van der Waals surface area contributed by atoms with Crippen LogP contribution in [0, 0.1) is 11.8 Å². The van der Waals surface area contributed by atoms with Crippen LogP contribution >= 0.6 is 0 Å². The standard InChI is InChI=1S/C21H27N5O2/c1-15(27)25-10-5-16(6-11-25)17-7-12-26(13-8-17)21(28)20-14-19(23-24-20)18-4-2-3-9-22-18/h2-4,9,14,16-17H,5-8,10-13H2,1H3,(H,23,24). The summed E-state index contributed by atoms with van der Waals surface area (Å²) in [6, 6.07) is 7.43. The second-order valence-corrected chi connectivity index (χ2v) is 7.85. The molecular formula is C21H27N5O2. The minimum atomic E-state index is 0.0135. The Balaban J connectivity index is 1.31. The Bertz CT molecular complexity index is 818. The molecule has 7 heteroatoms. The second-order valence-electron chi connectivity index (χ2n) is 7.85. The fourth-order valence-electron chi connectivity index (χ4n) is 4.51. The van der Waals surface area contributed by atoms with Gasteiger partial charge in [-0.15, -0.1) is 0 Å². The molecule has 4 heterocycles. The van der Waals surface area contributed by atoms with Gasteiger partial charge in [0.1, 0.15) is 11.4 Å². The third-order valence-corrected chi connectivity index (χ3v) is 6.21. The molecule has 2 aromatic heterocycles. The minimum absolute atomic E-state index is 0.0135. The van der Waals surface area contributed by atoms with Gasteiger partial charge in [0, 0.05) is 39.3 Å². The Morgan fingerprint density at radius 3 is 2.18 bits per heavy atom. The number of carbonyl (C=O) groups is 2. The number of hydrogen-bond acceptors (Lipinski definition) is 4. The van der Waals surface area contributed by atoms with Gasteiger partial charge in [0.25, 0.3) is 5.91 Å². The highest BCUT2D eigenvalue weighted by atomic mass is 16.2. The molecular weight excluding hydrogens is 354 g/mol. The maximum Gasteiger partial charge on any atom is 0.271 e. The number of rotatable bonds is 3. The Hall–Kier alpha value is -2.70. The highest BCUT2D eigenvalue weighted by molar-refractivity contribution is 5.93. The summed E-state index contributed by atoms with van der Waals surface area (Å²) >= 11 is 0. The van der Waals surface area contributed by atoms with Crippen molar-refractivity contribution in [1.29, 1.82) is 0 Å². The predicted octanol–water partition coefficient (Wildman–Crippen LogP) is 2.58. The van der Waals surface area contributed by atoms with Gasteiger partial charge in [-0.25, -0.2) is 0 Å². The van der Waals surface area contributed by atoms with E-state index in [1.54, 1.807) is 19.2 Å². The van der Waals surface area contributed by atoms with Crippen LogP contribution in [-0.4, -0.2) is 63.0 Å². The molecule has 0 radical (unpaired) electrons. The van der Waals surface area contributed by atoms with E-state index in [1.165, 1.54) is 0 Å². The zero-order valence-electron chi connectivity index (χ0n) is 16.3. The normalized spacial score (nSPS) is 19.0. The van der Waals surface area contributed by atoms with Gasteiger partial charge in [0.15, 0.2) is 0 Å². The van der Waals surface area contributed by atoms with Crippen LogP contribution in [0.4, 0.5) is 0 Å². The van der Waals surface area contributed by atoms with E-state index in [4.69, 9.17) is 0 Å². The number of aromatic nitrogens is 3. The zero-order valence-corrected chi connectivity index (χ0v) is 16.3. The van der Waals surface area contributed by atoms with Crippen LogP contribution in [0.2, 0.25) is 0 Å². The molecule has 2 saturated heterocycles. The van der Waals surface area contributed by atoms with Gasteiger partial charge < -0.3 is 9.80 Å². The molecule has 0 atom stereocenters. The number of aromatic amines is 1.